The van der Waals surface area contributed by atoms with Crippen LogP contribution < -0.4 is 25.0 Å². The fraction of sp³-hybridized carbons (Fsp3) is 0.429. The number of nitrogens with zero attached hydrogens (tertiary/aromatic N) is 1. The summed E-state index contributed by atoms with van der Waals surface area (Å²) in [6.07, 6.45) is 5.54. The van der Waals surface area contributed by atoms with Crippen LogP contribution in [0.1, 0.15) is 71.5 Å². The number of aliphatic hydroxyl groups is 1. The van der Waals surface area contributed by atoms with Gasteiger partial charge in [0.15, 0.2) is 0 Å². The summed E-state index contributed by atoms with van der Waals surface area (Å²) < 4.78 is 10.8. The molecule has 1 saturated heterocycles. The maximum atomic E-state index is 13.8. The van der Waals surface area contributed by atoms with Gasteiger partial charge in [0.25, 0.3) is 5.91 Å². The van der Waals surface area contributed by atoms with E-state index in [1.54, 1.807) is 14.2 Å². The van der Waals surface area contributed by atoms with Gasteiger partial charge in [-0.05, 0) is 78.6 Å². The first-order chi connectivity index (χ1) is 20.9. The van der Waals surface area contributed by atoms with Crippen LogP contribution in [0.3, 0.4) is 0 Å². The highest BCUT2D eigenvalue weighted by molar-refractivity contribution is 5.99. The van der Waals surface area contributed by atoms with Crippen LogP contribution in [0.5, 0.6) is 11.5 Å². The highest BCUT2D eigenvalue weighted by Gasteiger charge is 2.27. The SMILES string of the molecule is COc1cc(CNC[C@@H](O)[C@H](Cc2ccccc2)NC(=O)c2cc(C3CCCC3)cc(N3CCCC3=O)c2)cc(OC)c1. The summed E-state index contributed by atoms with van der Waals surface area (Å²) in [4.78, 5) is 28.2. The molecule has 0 aromatic heterocycles. The molecule has 1 saturated carbocycles. The molecule has 1 aliphatic carbocycles. The van der Waals surface area contributed by atoms with Crippen molar-refractivity contribution >= 4 is 17.5 Å². The molecular weight excluding hydrogens is 542 g/mol. The van der Waals surface area contributed by atoms with Crippen molar-refractivity contribution in [3.8, 4) is 11.5 Å². The van der Waals surface area contributed by atoms with Crippen LogP contribution in [-0.4, -0.2) is 56.4 Å². The lowest BCUT2D eigenvalue weighted by Crippen LogP contribution is -2.48. The molecule has 8 heteroatoms. The van der Waals surface area contributed by atoms with Crippen LogP contribution in [0.25, 0.3) is 0 Å². The minimum atomic E-state index is -0.852. The number of carbonyl (C=O) groups is 2. The predicted octanol–water partition coefficient (Wildman–Crippen LogP) is 4.98. The number of aliphatic hydroxyl groups excluding tert-OH is 1. The normalized spacial score (nSPS) is 16.7. The zero-order chi connectivity index (χ0) is 30.2. The predicted molar refractivity (Wildman–Crippen MR) is 168 cm³/mol. The first kappa shape index (κ1) is 30.6. The van der Waals surface area contributed by atoms with E-state index in [4.69, 9.17) is 9.47 Å². The van der Waals surface area contributed by atoms with Gasteiger partial charge in [-0.15, -0.1) is 0 Å². The number of methoxy groups -OCH3 is 2. The monoisotopic (exact) mass is 585 g/mol. The summed E-state index contributed by atoms with van der Waals surface area (Å²) in [6, 6.07) is 20.9. The Kier molecular flexibility index (Phi) is 10.3. The standard InChI is InChI=1S/C35H43N3O5/c1-42-30-15-25(16-31(21-30)43-2)22-36-23-33(39)32(17-24-9-4-3-5-10-24)37-35(41)28-18-27(26-11-6-7-12-26)19-29(20-28)38-14-8-13-34(38)40/h3-5,9-10,15-16,18-21,26,32-33,36,39H,6-8,11-14,17,22-23H2,1-2H3,(H,37,41)/t32-,33+/m0/s1. The fourth-order valence-corrected chi connectivity index (χ4v) is 6.22. The van der Waals surface area contributed by atoms with E-state index >= 15 is 0 Å². The van der Waals surface area contributed by atoms with Crippen molar-refractivity contribution in [1.82, 2.24) is 10.6 Å². The van der Waals surface area contributed by atoms with Gasteiger partial charge < -0.3 is 30.1 Å². The lowest BCUT2D eigenvalue weighted by Gasteiger charge is -2.26. The van der Waals surface area contributed by atoms with Gasteiger partial charge in [-0.3, -0.25) is 9.59 Å². The second kappa shape index (κ2) is 14.5. The number of hydrogen-bond donors (Lipinski definition) is 3. The van der Waals surface area contributed by atoms with E-state index in [1.165, 1.54) is 12.8 Å². The summed E-state index contributed by atoms with van der Waals surface area (Å²) in [5.41, 5.74) is 4.43. The summed E-state index contributed by atoms with van der Waals surface area (Å²) >= 11 is 0. The Morgan fingerprint density at radius 2 is 1.67 bits per heavy atom. The van der Waals surface area contributed by atoms with Crippen LogP contribution in [-0.2, 0) is 17.8 Å². The highest BCUT2D eigenvalue weighted by Crippen LogP contribution is 2.37. The number of amides is 2. The Morgan fingerprint density at radius 1 is 0.953 bits per heavy atom. The quantitative estimate of drug-likeness (QED) is 0.262. The van der Waals surface area contributed by atoms with Gasteiger partial charge in [0, 0.05) is 43.4 Å². The van der Waals surface area contributed by atoms with Gasteiger partial charge in [0.2, 0.25) is 5.91 Å². The Bertz CT molecular complexity index is 1370. The van der Waals surface area contributed by atoms with Gasteiger partial charge in [-0.1, -0.05) is 43.2 Å². The van der Waals surface area contributed by atoms with Crippen LogP contribution in [0.4, 0.5) is 5.69 Å². The highest BCUT2D eigenvalue weighted by atomic mass is 16.5. The third-order valence-electron chi connectivity index (χ3n) is 8.59. The molecule has 0 unspecified atom stereocenters. The average Bonchev–Trinajstić information content (AvgIpc) is 3.73. The number of carbonyl (C=O) groups excluding carboxylic acids is 2. The van der Waals surface area contributed by atoms with E-state index < -0.39 is 12.1 Å². The average molecular weight is 586 g/mol. The topological polar surface area (TPSA) is 100 Å². The van der Waals surface area contributed by atoms with E-state index in [1.807, 2.05) is 65.6 Å². The lowest BCUT2D eigenvalue weighted by molar-refractivity contribution is -0.117. The van der Waals surface area contributed by atoms with Gasteiger partial charge in [0.05, 0.1) is 26.4 Å². The minimum Gasteiger partial charge on any atom is -0.497 e. The van der Waals surface area contributed by atoms with Gasteiger partial charge in [-0.2, -0.15) is 0 Å². The molecule has 3 N–H and O–H groups in total. The Balaban J connectivity index is 1.33. The summed E-state index contributed by atoms with van der Waals surface area (Å²) in [5, 5.41) is 17.8. The number of anilines is 1. The second-order valence-electron chi connectivity index (χ2n) is 11.6. The first-order valence-electron chi connectivity index (χ1n) is 15.3. The molecule has 0 bridgehead atoms. The van der Waals surface area contributed by atoms with Crippen molar-refractivity contribution in [3.05, 3.63) is 89.0 Å². The first-order valence-corrected chi connectivity index (χ1v) is 15.3. The Hall–Kier alpha value is -3.88. The molecule has 5 rings (SSSR count). The fourth-order valence-electron chi connectivity index (χ4n) is 6.22. The van der Waals surface area contributed by atoms with Gasteiger partial charge in [0.1, 0.15) is 11.5 Å². The van der Waals surface area contributed by atoms with E-state index in [0.29, 0.717) is 48.9 Å². The molecule has 43 heavy (non-hydrogen) atoms. The molecule has 2 aliphatic rings. The Morgan fingerprint density at radius 3 is 2.33 bits per heavy atom. The molecule has 228 valence electrons. The number of benzene rings is 3. The molecule has 0 radical (unpaired) electrons. The van der Waals surface area contributed by atoms with Gasteiger partial charge in [-0.25, -0.2) is 0 Å². The van der Waals surface area contributed by atoms with Crippen molar-refractivity contribution < 1.29 is 24.2 Å². The van der Waals surface area contributed by atoms with Crippen LogP contribution in [0.2, 0.25) is 0 Å². The molecule has 3 aromatic carbocycles. The third kappa shape index (κ3) is 7.94. The van der Waals surface area contributed by atoms with Gasteiger partial charge >= 0.3 is 0 Å². The van der Waals surface area contributed by atoms with Crippen LogP contribution in [0, 0.1) is 0 Å². The van der Waals surface area contributed by atoms with Crippen molar-refractivity contribution in [1.29, 1.82) is 0 Å². The smallest absolute Gasteiger partial charge is 0.251 e. The summed E-state index contributed by atoms with van der Waals surface area (Å²) in [5.74, 6) is 1.65. The number of hydrogen-bond acceptors (Lipinski definition) is 6. The molecule has 8 nitrogen and oxygen atoms in total. The van der Waals surface area contributed by atoms with Crippen molar-refractivity contribution in [2.45, 2.75) is 69.6 Å². The minimum absolute atomic E-state index is 0.104. The zero-order valence-corrected chi connectivity index (χ0v) is 25.2. The van der Waals surface area contributed by atoms with E-state index in [0.717, 1.165) is 41.6 Å². The van der Waals surface area contributed by atoms with E-state index in [2.05, 4.69) is 16.7 Å². The molecule has 2 amide bonds. The third-order valence-corrected chi connectivity index (χ3v) is 8.59. The molecule has 1 aliphatic heterocycles. The molecule has 2 fully saturated rings. The van der Waals surface area contributed by atoms with Crippen molar-refractivity contribution in [2.75, 3.05) is 32.2 Å². The zero-order valence-electron chi connectivity index (χ0n) is 25.2. The Labute approximate surface area is 254 Å². The van der Waals surface area contributed by atoms with Crippen molar-refractivity contribution in [2.24, 2.45) is 0 Å². The molecule has 0 spiro atoms. The van der Waals surface area contributed by atoms with Crippen LogP contribution in [0.15, 0.2) is 66.7 Å². The largest absolute Gasteiger partial charge is 0.497 e. The van der Waals surface area contributed by atoms with Crippen molar-refractivity contribution in [3.63, 3.8) is 0 Å². The summed E-state index contributed by atoms with van der Waals surface area (Å²) in [7, 11) is 3.23. The molecular formula is C35H43N3O5. The van der Waals surface area contributed by atoms with E-state index in [9.17, 15) is 14.7 Å². The van der Waals surface area contributed by atoms with E-state index in [-0.39, 0.29) is 18.4 Å². The second-order valence-corrected chi connectivity index (χ2v) is 11.6. The number of rotatable bonds is 13. The summed E-state index contributed by atoms with van der Waals surface area (Å²) in [6.45, 7) is 1.44. The molecule has 1 heterocycles. The maximum Gasteiger partial charge on any atom is 0.251 e. The lowest BCUT2D eigenvalue weighted by atomic mass is 9.94. The van der Waals surface area contributed by atoms with Crippen LogP contribution >= 0.6 is 0 Å². The molecule has 2 atom stereocenters. The maximum absolute atomic E-state index is 13.8. The number of nitrogens with one attached hydrogen (secondary N) is 2. The number of ether oxygens (including phenoxy) is 2. The molecule has 3 aromatic rings.